The molecule has 29 heavy (non-hydrogen) atoms. The molecule has 0 saturated heterocycles. The number of halogens is 2. The Kier molecular flexibility index (Phi) is 7.03. The van der Waals surface area contributed by atoms with Crippen molar-refractivity contribution in [2.24, 2.45) is 0 Å². The van der Waals surface area contributed by atoms with Crippen LogP contribution in [-0.2, 0) is 11.3 Å². The number of thioether (sulfide) groups is 1. The molecule has 0 saturated carbocycles. The average Bonchev–Trinajstić information content (AvgIpc) is 2.67. The number of hydrogen-bond acceptors (Lipinski definition) is 4. The van der Waals surface area contributed by atoms with Gasteiger partial charge in [-0.3, -0.25) is 14.2 Å². The first-order chi connectivity index (χ1) is 13.8. The van der Waals surface area contributed by atoms with Crippen LogP contribution in [0, 0.1) is 0 Å². The van der Waals surface area contributed by atoms with E-state index in [-0.39, 0.29) is 23.3 Å². The van der Waals surface area contributed by atoms with Crippen LogP contribution >= 0.6 is 39.3 Å². The molecule has 5 nitrogen and oxygen atoms in total. The van der Waals surface area contributed by atoms with Crippen LogP contribution in [0.3, 0.4) is 0 Å². The lowest BCUT2D eigenvalue weighted by atomic mass is 10.2. The maximum atomic E-state index is 12.9. The van der Waals surface area contributed by atoms with Crippen molar-refractivity contribution in [3.05, 3.63) is 67.9 Å². The van der Waals surface area contributed by atoms with Crippen molar-refractivity contribution in [3.8, 4) is 0 Å². The van der Waals surface area contributed by atoms with Crippen LogP contribution in [0.1, 0.15) is 25.5 Å². The summed E-state index contributed by atoms with van der Waals surface area (Å²) >= 11 is 10.8. The third-order valence-electron chi connectivity index (χ3n) is 4.46. The van der Waals surface area contributed by atoms with Gasteiger partial charge in [0.05, 0.1) is 16.7 Å². The van der Waals surface area contributed by atoms with Crippen molar-refractivity contribution in [1.82, 2.24) is 14.5 Å². The van der Waals surface area contributed by atoms with E-state index in [0.29, 0.717) is 27.6 Å². The summed E-state index contributed by atoms with van der Waals surface area (Å²) in [6.07, 6.45) is 0. The number of aromatic nitrogens is 2. The summed E-state index contributed by atoms with van der Waals surface area (Å²) < 4.78 is 2.59. The minimum absolute atomic E-state index is 0.0403. The zero-order valence-corrected chi connectivity index (χ0v) is 19.5. The Bertz CT molecular complexity index is 1120. The first-order valence-electron chi connectivity index (χ1n) is 9.10. The molecular weight excluding hydrogens is 474 g/mol. The predicted octanol–water partition coefficient (Wildman–Crippen LogP) is 5.14. The average molecular weight is 495 g/mol. The van der Waals surface area contributed by atoms with Gasteiger partial charge in [0.1, 0.15) is 0 Å². The monoisotopic (exact) mass is 493 g/mol. The number of carbonyl (C=O) groups is 1. The number of carbonyl (C=O) groups excluding carboxylic acids is 1. The Morgan fingerprint density at radius 1 is 1.28 bits per heavy atom. The molecule has 3 rings (SSSR count). The largest absolute Gasteiger partial charge is 0.341 e. The number of rotatable bonds is 6. The Balaban J connectivity index is 1.82. The van der Waals surface area contributed by atoms with Crippen LogP contribution in [0.4, 0.5) is 0 Å². The zero-order chi connectivity index (χ0) is 21.1. The van der Waals surface area contributed by atoms with Crippen molar-refractivity contribution in [2.75, 3.05) is 12.8 Å². The van der Waals surface area contributed by atoms with Crippen molar-refractivity contribution < 1.29 is 4.79 Å². The van der Waals surface area contributed by atoms with E-state index < -0.39 is 0 Å². The predicted molar refractivity (Wildman–Crippen MR) is 123 cm³/mol. The van der Waals surface area contributed by atoms with Gasteiger partial charge in [-0.1, -0.05) is 57.5 Å². The minimum atomic E-state index is -0.127. The van der Waals surface area contributed by atoms with E-state index in [1.54, 1.807) is 34.7 Å². The fourth-order valence-electron chi connectivity index (χ4n) is 2.92. The highest BCUT2D eigenvalue weighted by Crippen LogP contribution is 2.23. The van der Waals surface area contributed by atoms with E-state index in [1.807, 2.05) is 38.1 Å². The first kappa shape index (κ1) is 21.9. The van der Waals surface area contributed by atoms with Crippen LogP contribution in [-0.4, -0.2) is 33.2 Å². The number of nitrogens with zero attached hydrogens (tertiary/aromatic N) is 3. The summed E-state index contributed by atoms with van der Waals surface area (Å²) in [5.74, 6) is 0.146. The molecule has 0 atom stereocenters. The Morgan fingerprint density at radius 3 is 2.69 bits per heavy atom. The molecule has 0 aliphatic rings. The van der Waals surface area contributed by atoms with Gasteiger partial charge >= 0.3 is 0 Å². The van der Waals surface area contributed by atoms with Crippen molar-refractivity contribution in [3.63, 3.8) is 0 Å². The molecule has 1 heterocycles. The van der Waals surface area contributed by atoms with Gasteiger partial charge in [0, 0.05) is 29.1 Å². The third kappa shape index (κ3) is 5.02. The van der Waals surface area contributed by atoms with E-state index in [9.17, 15) is 9.59 Å². The lowest BCUT2D eigenvalue weighted by molar-refractivity contribution is -0.127. The van der Waals surface area contributed by atoms with Crippen LogP contribution < -0.4 is 5.56 Å². The van der Waals surface area contributed by atoms with Gasteiger partial charge in [0.25, 0.3) is 5.56 Å². The summed E-state index contributed by atoms with van der Waals surface area (Å²) in [7, 11) is 1.77. The number of amides is 1. The standard InChI is InChI=1S/C21H21BrClN3O2S/c1-13(2)26-20(28)16-9-8-15(23)10-18(16)24-21(26)29-12-19(27)25(3)11-14-6-4-5-7-17(14)22/h4-10,13H,11-12H2,1-3H3. The lowest BCUT2D eigenvalue weighted by Crippen LogP contribution is -2.29. The molecule has 2 aromatic carbocycles. The number of hydrogen-bond donors (Lipinski definition) is 0. The summed E-state index contributed by atoms with van der Waals surface area (Å²) in [6, 6.07) is 12.8. The van der Waals surface area contributed by atoms with Crippen molar-refractivity contribution >= 4 is 56.1 Å². The molecule has 0 aliphatic heterocycles. The summed E-state index contributed by atoms with van der Waals surface area (Å²) in [5.41, 5.74) is 1.44. The minimum Gasteiger partial charge on any atom is -0.341 e. The highest BCUT2D eigenvalue weighted by molar-refractivity contribution is 9.10. The molecule has 3 aromatic rings. The van der Waals surface area contributed by atoms with Gasteiger partial charge in [-0.25, -0.2) is 4.98 Å². The highest BCUT2D eigenvalue weighted by atomic mass is 79.9. The quantitative estimate of drug-likeness (QED) is 0.351. The van der Waals surface area contributed by atoms with Crippen LogP contribution in [0.5, 0.6) is 0 Å². The molecular formula is C21H21BrClN3O2S. The number of benzene rings is 2. The topological polar surface area (TPSA) is 55.2 Å². The van der Waals surface area contributed by atoms with Crippen LogP contribution in [0.15, 0.2) is 56.9 Å². The Hall–Kier alpha value is -1.83. The first-order valence-corrected chi connectivity index (χ1v) is 11.3. The molecule has 0 radical (unpaired) electrons. The van der Waals surface area contributed by atoms with Gasteiger partial charge in [0.2, 0.25) is 5.91 Å². The lowest BCUT2D eigenvalue weighted by Gasteiger charge is -2.19. The van der Waals surface area contributed by atoms with Crippen molar-refractivity contribution in [2.45, 2.75) is 31.6 Å². The molecule has 152 valence electrons. The maximum Gasteiger partial charge on any atom is 0.262 e. The zero-order valence-electron chi connectivity index (χ0n) is 16.4. The van der Waals surface area contributed by atoms with E-state index in [4.69, 9.17) is 11.6 Å². The maximum absolute atomic E-state index is 12.9. The third-order valence-corrected chi connectivity index (χ3v) is 6.41. The van der Waals surface area contributed by atoms with E-state index in [0.717, 1.165) is 10.0 Å². The smallest absolute Gasteiger partial charge is 0.262 e. The fraction of sp³-hybridized carbons (Fsp3) is 0.286. The molecule has 0 spiro atoms. The SMILES string of the molecule is CC(C)n1c(SCC(=O)N(C)Cc2ccccc2Br)nc2cc(Cl)ccc2c1=O. The van der Waals surface area contributed by atoms with Crippen LogP contribution in [0.2, 0.25) is 5.02 Å². The normalized spacial score (nSPS) is 11.2. The number of fused-ring (bicyclic) bond motifs is 1. The van der Waals surface area contributed by atoms with Crippen molar-refractivity contribution in [1.29, 1.82) is 0 Å². The van der Waals surface area contributed by atoms with Gasteiger partial charge in [0.15, 0.2) is 5.16 Å². The van der Waals surface area contributed by atoms with E-state index in [2.05, 4.69) is 20.9 Å². The van der Waals surface area contributed by atoms with E-state index >= 15 is 0 Å². The second-order valence-electron chi connectivity index (χ2n) is 6.95. The second-order valence-corrected chi connectivity index (χ2v) is 9.19. The Labute approximate surface area is 187 Å². The molecule has 0 N–H and O–H groups in total. The molecule has 0 bridgehead atoms. The van der Waals surface area contributed by atoms with Crippen LogP contribution in [0.25, 0.3) is 10.9 Å². The summed E-state index contributed by atoms with van der Waals surface area (Å²) in [4.78, 5) is 31.9. The summed E-state index contributed by atoms with van der Waals surface area (Å²) in [6.45, 7) is 4.35. The molecule has 0 aliphatic carbocycles. The highest BCUT2D eigenvalue weighted by Gasteiger charge is 2.17. The summed E-state index contributed by atoms with van der Waals surface area (Å²) in [5, 5.41) is 1.55. The molecule has 1 amide bonds. The van der Waals surface area contributed by atoms with Gasteiger partial charge in [-0.05, 0) is 43.7 Å². The fourth-order valence-corrected chi connectivity index (χ4v) is 4.56. The molecule has 0 unspecified atom stereocenters. The Morgan fingerprint density at radius 2 is 2.00 bits per heavy atom. The van der Waals surface area contributed by atoms with Gasteiger partial charge in [-0.2, -0.15) is 0 Å². The van der Waals surface area contributed by atoms with E-state index in [1.165, 1.54) is 11.8 Å². The van der Waals surface area contributed by atoms with Gasteiger partial charge in [-0.15, -0.1) is 0 Å². The molecule has 0 fully saturated rings. The van der Waals surface area contributed by atoms with Gasteiger partial charge < -0.3 is 4.90 Å². The molecule has 1 aromatic heterocycles. The molecule has 8 heteroatoms. The second kappa shape index (κ2) is 9.32.